The minimum Gasteiger partial charge on any atom is -0.497 e. The van der Waals surface area contributed by atoms with Gasteiger partial charge in [0, 0.05) is 55.5 Å². The van der Waals surface area contributed by atoms with Gasteiger partial charge in [-0.3, -0.25) is 4.90 Å². The van der Waals surface area contributed by atoms with Crippen molar-refractivity contribution in [2.24, 2.45) is 0 Å². The number of ether oxygens (including phenoxy) is 2. The molecule has 0 spiro atoms. The van der Waals surface area contributed by atoms with Gasteiger partial charge in [0.05, 0.1) is 14.2 Å². The van der Waals surface area contributed by atoms with E-state index < -0.39 is 0 Å². The molecule has 24 heavy (non-hydrogen) atoms. The standard InChI is InChI=1S/C19H25N3O2/c1-4-5-19-20-11-15-13-22(9-8-17(15)21-19)12-14-10-16(23-2)6-7-18(14)24-3/h6-7,10-11H,4-5,8-9,12-13H2,1-3H3. The van der Waals surface area contributed by atoms with Crippen molar-refractivity contribution in [2.45, 2.75) is 39.3 Å². The van der Waals surface area contributed by atoms with Crippen LogP contribution < -0.4 is 9.47 Å². The average Bonchev–Trinajstić information content (AvgIpc) is 2.62. The van der Waals surface area contributed by atoms with Gasteiger partial charge in [0.2, 0.25) is 0 Å². The quantitative estimate of drug-likeness (QED) is 0.816. The lowest BCUT2D eigenvalue weighted by molar-refractivity contribution is 0.238. The van der Waals surface area contributed by atoms with Crippen LogP contribution in [0.4, 0.5) is 0 Å². The molecule has 0 radical (unpaired) electrons. The van der Waals surface area contributed by atoms with Crippen LogP contribution in [0.15, 0.2) is 24.4 Å². The highest BCUT2D eigenvalue weighted by Crippen LogP contribution is 2.27. The molecule has 0 N–H and O–H groups in total. The Labute approximate surface area is 143 Å². The van der Waals surface area contributed by atoms with Crippen LogP contribution >= 0.6 is 0 Å². The van der Waals surface area contributed by atoms with E-state index in [0.717, 1.165) is 61.8 Å². The third kappa shape index (κ3) is 3.67. The van der Waals surface area contributed by atoms with Crippen LogP contribution in [0.3, 0.4) is 0 Å². The largest absolute Gasteiger partial charge is 0.497 e. The molecule has 0 aliphatic carbocycles. The minimum absolute atomic E-state index is 0.830. The first kappa shape index (κ1) is 16.7. The molecule has 5 heteroatoms. The normalized spacial score (nSPS) is 14.3. The number of hydrogen-bond acceptors (Lipinski definition) is 5. The fourth-order valence-electron chi connectivity index (χ4n) is 3.14. The van der Waals surface area contributed by atoms with Crippen LogP contribution in [-0.2, 0) is 25.9 Å². The second-order valence-corrected chi connectivity index (χ2v) is 6.15. The van der Waals surface area contributed by atoms with Crippen molar-refractivity contribution in [2.75, 3.05) is 20.8 Å². The molecule has 2 heterocycles. The summed E-state index contributed by atoms with van der Waals surface area (Å²) in [6, 6.07) is 5.94. The van der Waals surface area contributed by atoms with Crippen molar-refractivity contribution in [3.63, 3.8) is 0 Å². The van der Waals surface area contributed by atoms with E-state index in [4.69, 9.17) is 14.5 Å². The highest BCUT2D eigenvalue weighted by atomic mass is 16.5. The fourth-order valence-corrected chi connectivity index (χ4v) is 3.14. The van der Waals surface area contributed by atoms with Gasteiger partial charge in [-0.05, 0) is 24.6 Å². The number of rotatable bonds is 6. The Morgan fingerprint density at radius 1 is 1.21 bits per heavy atom. The Hall–Kier alpha value is -2.14. The number of aryl methyl sites for hydroxylation is 1. The lowest BCUT2D eigenvalue weighted by Gasteiger charge is -2.28. The first-order valence-corrected chi connectivity index (χ1v) is 8.50. The van der Waals surface area contributed by atoms with Gasteiger partial charge >= 0.3 is 0 Å². The summed E-state index contributed by atoms with van der Waals surface area (Å²) in [6.07, 6.45) is 5.02. The molecule has 0 fully saturated rings. The molecule has 1 aliphatic rings. The second kappa shape index (κ2) is 7.62. The topological polar surface area (TPSA) is 47.5 Å². The Bertz CT molecular complexity index is 703. The Kier molecular flexibility index (Phi) is 5.30. The van der Waals surface area contributed by atoms with Crippen LogP contribution in [0.2, 0.25) is 0 Å². The van der Waals surface area contributed by atoms with Crippen molar-refractivity contribution >= 4 is 0 Å². The van der Waals surface area contributed by atoms with E-state index in [-0.39, 0.29) is 0 Å². The lowest BCUT2D eigenvalue weighted by atomic mass is 10.1. The smallest absolute Gasteiger partial charge is 0.128 e. The van der Waals surface area contributed by atoms with E-state index in [1.54, 1.807) is 14.2 Å². The molecule has 2 aromatic rings. The molecule has 0 saturated carbocycles. The van der Waals surface area contributed by atoms with Gasteiger partial charge in [0.1, 0.15) is 17.3 Å². The highest BCUT2D eigenvalue weighted by molar-refractivity contribution is 5.40. The number of benzene rings is 1. The van der Waals surface area contributed by atoms with Gasteiger partial charge in [-0.25, -0.2) is 9.97 Å². The molecule has 1 aliphatic heterocycles. The summed E-state index contributed by atoms with van der Waals surface area (Å²) in [7, 11) is 3.40. The first-order chi connectivity index (χ1) is 11.7. The van der Waals surface area contributed by atoms with E-state index >= 15 is 0 Å². The van der Waals surface area contributed by atoms with Crippen molar-refractivity contribution in [3.05, 3.63) is 47.0 Å². The Morgan fingerprint density at radius 2 is 2.08 bits per heavy atom. The third-order valence-corrected chi connectivity index (χ3v) is 4.42. The van der Waals surface area contributed by atoms with Crippen LogP contribution in [-0.4, -0.2) is 35.6 Å². The summed E-state index contributed by atoms with van der Waals surface area (Å²) in [5.41, 5.74) is 3.59. The number of hydrogen-bond donors (Lipinski definition) is 0. The van der Waals surface area contributed by atoms with E-state index in [0.29, 0.717) is 0 Å². The van der Waals surface area contributed by atoms with Crippen LogP contribution in [0.5, 0.6) is 11.5 Å². The zero-order chi connectivity index (χ0) is 16.9. The van der Waals surface area contributed by atoms with Gasteiger partial charge in [-0.15, -0.1) is 0 Å². The van der Waals surface area contributed by atoms with Gasteiger partial charge in [0.15, 0.2) is 0 Å². The SMILES string of the molecule is CCCc1ncc2c(n1)CCN(Cc1cc(OC)ccc1OC)C2. The van der Waals surface area contributed by atoms with Crippen molar-refractivity contribution in [1.82, 2.24) is 14.9 Å². The number of aromatic nitrogens is 2. The van der Waals surface area contributed by atoms with E-state index in [2.05, 4.69) is 22.9 Å². The van der Waals surface area contributed by atoms with Crippen molar-refractivity contribution in [1.29, 1.82) is 0 Å². The summed E-state index contributed by atoms with van der Waals surface area (Å²) < 4.78 is 10.8. The Morgan fingerprint density at radius 3 is 2.83 bits per heavy atom. The molecule has 0 saturated heterocycles. The molecule has 1 aromatic heterocycles. The molecule has 128 valence electrons. The summed E-state index contributed by atoms with van der Waals surface area (Å²) in [6.45, 7) is 4.86. The monoisotopic (exact) mass is 327 g/mol. The first-order valence-electron chi connectivity index (χ1n) is 8.50. The molecule has 5 nitrogen and oxygen atoms in total. The van der Waals surface area contributed by atoms with Crippen LogP contribution in [0, 0.1) is 0 Å². The lowest BCUT2D eigenvalue weighted by Crippen LogP contribution is -2.31. The molecule has 3 rings (SSSR count). The van der Waals surface area contributed by atoms with Crippen LogP contribution in [0.25, 0.3) is 0 Å². The van der Waals surface area contributed by atoms with Gasteiger partial charge in [-0.2, -0.15) is 0 Å². The zero-order valence-electron chi connectivity index (χ0n) is 14.7. The fraction of sp³-hybridized carbons (Fsp3) is 0.474. The molecule has 0 atom stereocenters. The summed E-state index contributed by atoms with van der Waals surface area (Å²) in [4.78, 5) is 11.6. The third-order valence-electron chi connectivity index (χ3n) is 4.42. The number of nitrogens with zero attached hydrogens (tertiary/aromatic N) is 3. The van der Waals surface area contributed by atoms with E-state index in [1.807, 2.05) is 18.3 Å². The average molecular weight is 327 g/mol. The minimum atomic E-state index is 0.830. The van der Waals surface area contributed by atoms with Crippen LogP contribution in [0.1, 0.15) is 36.0 Å². The van der Waals surface area contributed by atoms with Gasteiger partial charge in [0.25, 0.3) is 0 Å². The molecule has 1 aromatic carbocycles. The molecule has 0 amide bonds. The predicted molar refractivity (Wildman–Crippen MR) is 93.4 cm³/mol. The van der Waals surface area contributed by atoms with E-state index in [9.17, 15) is 0 Å². The maximum atomic E-state index is 5.49. The Balaban J connectivity index is 1.74. The predicted octanol–water partition coefficient (Wildman–Crippen LogP) is 3.00. The maximum absolute atomic E-state index is 5.49. The second-order valence-electron chi connectivity index (χ2n) is 6.15. The molecule has 0 unspecified atom stereocenters. The molecular weight excluding hydrogens is 302 g/mol. The van der Waals surface area contributed by atoms with Gasteiger partial charge < -0.3 is 9.47 Å². The van der Waals surface area contributed by atoms with E-state index in [1.165, 1.54) is 11.3 Å². The molecular formula is C19H25N3O2. The summed E-state index contributed by atoms with van der Waals surface area (Å²) >= 11 is 0. The number of methoxy groups -OCH3 is 2. The van der Waals surface area contributed by atoms with Crippen molar-refractivity contribution < 1.29 is 9.47 Å². The maximum Gasteiger partial charge on any atom is 0.128 e. The molecule has 0 bridgehead atoms. The number of fused-ring (bicyclic) bond motifs is 1. The van der Waals surface area contributed by atoms with Gasteiger partial charge in [-0.1, -0.05) is 6.92 Å². The zero-order valence-corrected chi connectivity index (χ0v) is 14.7. The highest BCUT2D eigenvalue weighted by Gasteiger charge is 2.19. The van der Waals surface area contributed by atoms with Crippen molar-refractivity contribution in [3.8, 4) is 11.5 Å². The summed E-state index contributed by atoms with van der Waals surface area (Å²) in [5, 5.41) is 0. The summed E-state index contributed by atoms with van der Waals surface area (Å²) in [5.74, 6) is 2.73.